The van der Waals surface area contributed by atoms with Crippen LogP contribution >= 0.6 is 25.3 Å². The number of rotatable bonds is 9. The van der Waals surface area contributed by atoms with Crippen molar-refractivity contribution in [3.05, 3.63) is 0 Å². The summed E-state index contributed by atoms with van der Waals surface area (Å²) in [5, 5.41) is -5.18. The van der Waals surface area contributed by atoms with Crippen LogP contribution in [-0.4, -0.2) is 71.5 Å². The molecule has 24 heavy (non-hydrogen) atoms. The van der Waals surface area contributed by atoms with Gasteiger partial charge in [-0.1, -0.05) is 0 Å². The van der Waals surface area contributed by atoms with E-state index in [-0.39, 0.29) is 0 Å². The number of thiol groups is 2. The quantitative estimate of drug-likeness (QED) is 0.169. The van der Waals surface area contributed by atoms with Gasteiger partial charge >= 0.3 is 0 Å². The largest absolute Gasteiger partial charge is 0.285 e. The predicted octanol–water partition coefficient (Wildman–Crippen LogP) is -1.43. The van der Waals surface area contributed by atoms with Gasteiger partial charge in [-0.3, -0.25) is 18.2 Å². The van der Waals surface area contributed by atoms with Crippen LogP contribution in [0.5, 0.6) is 0 Å². The van der Waals surface area contributed by atoms with Crippen LogP contribution in [0.25, 0.3) is 0 Å². The smallest absolute Gasteiger partial charge is 0.277 e. The van der Waals surface area contributed by atoms with E-state index in [2.05, 4.69) is 25.3 Å². The van der Waals surface area contributed by atoms with Crippen molar-refractivity contribution in [1.82, 2.24) is 0 Å². The standard InChI is InChI=1S/C6H14O12S6/c7-21(8,9)3(1-5(19)23(13,14)15)4(22(10,11)12)2-6(20)24(16,17)18/h3-6,19-20H,1-2H2,(H,7,8,9)(H,10,11,12)(H,13,14,15)(H,16,17,18). The second-order valence-corrected chi connectivity index (χ2v) is 12.9. The summed E-state index contributed by atoms with van der Waals surface area (Å²) in [5.74, 6) is 0. The van der Waals surface area contributed by atoms with Crippen LogP contribution in [-0.2, 0) is 40.5 Å². The minimum Gasteiger partial charge on any atom is -0.285 e. The highest BCUT2D eigenvalue weighted by Crippen LogP contribution is 2.27. The lowest BCUT2D eigenvalue weighted by molar-refractivity contribution is 0.423. The van der Waals surface area contributed by atoms with E-state index in [4.69, 9.17) is 18.2 Å². The van der Waals surface area contributed by atoms with E-state index in [1.165, 1.54) is 0 Å². The summed E-state index contributed by atoms with van der Waals surface area (Å²) in [6.45, 7) is 0. The van der Waals surface area contributed by atoms with Crippen molar-refractivity contribution in [3.8, 4) is 0 Å². The fourth-order valence-electron chi connectivity index (χ4n) is 1.57. The highest BCUT2D eigenvalue weighted by molar-refractivity contribution is 8.02. The van der Waals surface area contributed by atoms with Gasteiger partial charge in [-0.15, -0.1) is 0 Å². The van der Waals surface area contributed by atoms with Crippen LogP contribution in [0.1, 0.15) is 12.8 Å². The Morgan fingerprint density at radius 3 is 0.875 bits per heavy atom. The van der Waals surface area contributed by atoms with Gasteiger partial charge < -0.3 is 0 Å². The van der Waals surface area contributed by atoms with Crippen molar-refractivity contribution in [1.29, 1.82) is 0 Å². The molecule has 0 saturated carbocycles. The SMILES string of the molecule is O=S(=O)(O)C(S)CC(C(CC(S)S(=O)(=O)O)S(=O)(=O)O)S(=O)(=O)O. The van der Waals surface area contributed by atoms with Crippen molar-refractivity contribution in [2.75, 3.05) is 0 Å². The van der Waals surface area contributed by atoms with Crippen LogP contribution < -0.4 is 0 Å². The summed E-state index contributed by atoms with van der Waals surface area (Å²) in [7, 11) is -20.7. The van der Waals surface area contributed by atoms with Gasteiger partial charge in [-0.2, -0.15) is 58.9 Å². The number of hydrogen-bond acceptors (Lipinski definition) is 10. The lowest BCUT2D eigenvalue weighted by Gasteiger charge is -2.25. The highest BCUT2D eigenvalue weighted by atomic mass is 32.3. The van der Waals surface area contributed by atoms with E-state index in [9.17, 15) is 33.7 Å². The lowest BCUT2D eigenvalue weighted by atomic mass is 10.2. The minimum absolute atomic E-state index is 1.32. The van der Waals surface area contributed by atoms with Gasteiger partial charge in [0.15, 0.2) is 0 Å². The Hall–Kier alpha value is 0.340. The van der Waals surface area contributed by atoms with Gasteiger partial charge in [0.05, 0.1) is 0 Å². The van der Waals surface area contributed by atoms with Crippen LogP contribution in [0.15, 0.2) is 0 Å². The van der Waals surface area contributed by atoms with Gasteiger partial charge in [0.1, 0.15) is 19.7 Å². The molecular formula is C6H14O12S6. The molecule has 0 heterocycles. The Balaban J connectivity index is 6.07. The zero-order valence-electron chi connectivity index (χ0n) is 11.3. The molecule has 4 N–H and O–H groups in total. The molecule has 0 aromatic heterocycles. The molecule has 0 saturated heterocycles. The summed E-state index contributed by atoms with van der Waals surface area (Å²) in [4.78, 5) is 0. The summed E-state index contributed by atoms with van der Waals surface area (Å²) >= 11 is 6.69. The minimum atomic E-state index is -5.37. The second-order valence-electron chi connectivity index (χ2n) is 4.52. The van der Waals surface area contributed by atoms with Gasteiger partial charge in [0.25, 0.3) is 40.5 Å². The van der Waals surface area contributed by atoms with E-state index in [0.29, 0.717) is 0 Å². The predicted molar refractivity (Wildman–Crippen MR) is 88.6 cm³/mol. The molecule has 0 aliphatic heterocycles. The van der Waals surface area contributed by atoms with Gasteiger partial charge in [-0.05, 0) is 12.8 Å². The van der Waals surface area contributed by atoms with Gasteiger partial charge in [-0.25, -0.2) is 0 Å². The third-order valence-electron chi connectivity index (χ3n) is 2.74. The molecule has 0 aliphatic rings. The molecule has 0 spiro atoms. The first kappa shape index (κ1) is 24.3. The molecular weight excluding hydrogens is 456 g/mol. The molecule has 0 aliphatic carbocycles. The van der Waals surface area contributed by atoms with E-state index < -0.39 is 73.0 Å². The molecule has 0 fully saturated rings. The molecule has 0 amide bonds. The van der Waals surface area contributed by atoms with E-state index in [1.54, 1.807) is 0 Å². The zero-order valence-corrected chi connectivity index (χ0v) is 16.4. The molecule has 0 aromatic rings. The van der Waals surface area contributed by atoms with Crippen LogP contribution in [0.2, 0.25) is 0 Å². The molecule has 18 heteroatoms. The Kier molecular flexibility index (Phi) is 8.04. The van der Waals surface area contributed by atoms with Crippen molar-refractivity contribution < 1.29 is 51.9 Å². The molecule has 0 rings (SSSR count). The summed E-state index contributed by atoms with van der Waals surface area (Å²) < 4.78 is 120. The summed E-state index contributed by atoms with van der Waals surface area (Å²) in [6, 6.07) is 0. The maximum Gasteiger partial charge on any atom is 0.277 e. The average Bonchev–Trinajstić information content (AvgIpc) is 2.27. The van der Waals surface area contributed by atoms with Gasteiger partial charge in [0.2, 0.25) is 0 Å². The van der Waals surface area contributed by atoms with Crippen molar-refractivity contribution in [2.24, 2.45) is 0 Å². The fraction of sp³-hybridized carbons (Fsp3) is 1.00. The highest BCUT2D eigenvalue weighted by Gasteiger charge is 2.45. The maximum absolute atomic E-state index is 11.3. The van der Waals surface area contributed by atoms with Crippen LogP contribution in [0.3, 0.4) is 0 Å². The second kappa shape index (κ2) is 7.92. The van der Waals surface area contributed by atoms with Crippen molar-refractivity contribution in [2.45, 2.75) is 32.5 Å². The first-order chi connectivity index (χ1) is 10.3. The Morgan fingerprint density at radius 2 is 0.750 bits per heavy atom. The summed E-state index contributed by atoms with van der Waals surface area (Å²) in [5.41, 5.74) is 0. The normalized spacial score (nSPS) is 19.4. The molecule has 4 unspecified atom stereocenters. The molecule has 0 radical (unpaired) electrons. The molecule has 0 aromatic carbocycles. The molecule has 4 atom stereocenters. The van der Waals surface area contributed by atoms with Crippen LogP contribution in [0, 0.1) is 0 Å². The molecule has 12 nitrogen and oxygen atoms in total. The van der Waals surface area contributed by atoms with Crippen molar-refractivity contribution in [3.63, 3.8) is 0 Å². The first-order valence-electron chi connectivity index (χ1n) is 5.49. The van der Waals surface area contributed by atoms with Crippen molar-refractivity contribution >= 4 is 65.7 Å². The Morgan fingerprint density at radius 1 is 0.542 bits per heavy atom. The Bertz CT molecular complexity index is 777. The van der Waals surface area contributed by atoms with E-state index in [0.717, 1.165) is 0 Å². The zero-order chi connectivity index (χ0) is 19.7. The maximum atomic E-state index is 11.3. The summed E-state index contributed by atoms with van der Waals surface area (Å²) in [6.07, 6.45) is -2.64. The third kappa shape index (κ3) is 7.70. The fourth-order valence-corrected chi connectivity index (χ4v) is 6.16. The van der Waals surface area contributed by atoms with E-state index in [1.807, 2.05) is 0 Å². The monoisotopic (exact) mass is 470 g/mol. The lowest BCUT2D eigenvalue weighted by Crippen LogP contribution is -2.44. The third-order valence-corrected chi connectivity index (χ3v) is 9.26. The topological polar surface area (TPSA) is 217 Å². The first-order valence-corrected chi connectivity index (χ1v) is 12.5. The average molecular weight is 471 g/mol. The van der Waals surface area contributed by atoms with E-state index >= 15 is 0 Å². The van der Waals surface area contributed by atoms with Crippen LogP contribution in [0.4, 0.5) is 0 Å². The van der Waals surface area contributed by atoms with Gasteiger partial charge in [0, 0.05) is 0 Å². The molecule has 0 bridgehead atoms. The number of hydrogen-bond donors (Lipinski definition) is 6. The molecule has 146 valence electrons. The Labute approximate surface area is 149 Å².